The van der Waals surface area contributed by atoms with E-state index in [0.29, 0.717) is 36.9 Å². The van der Waals surface area contributed by atoms with Crippen molar-refractivity contribution in [1.29, 1.82) is 0 Å². The van der Waals surface area contributed by atoms with Crippen molar-refractivity contribution in [3.8, 4) is 11.5 Å². The summed E-state index contributed by atoms with van der Waals surface area (Å²) in [6, 6.07) is 7.74. The van der Waals surface area contributed by atoms with Crippen LogP contribution in [-0.2, 0) is 22.6 Å². The van der Waals surface area contributed by atoms with E-state index < -0.39 is 0 Å². The topological polar surface area (TPSA) is 84.0 Å². The second kappa shape index (κ2) is 11.1. The van der Waals surface area contributed by atoms with Crippen LogP contribution in [0, 0.1) is 5.41 Å². The van der Waals surface area contributed by atoms with E-state index in [1.807, 2.05) is 31.2 Å². The molecule has 1 aromatic heterocycles. The van der Waals surface area contributed by atoms with Crippen LogP contribution in [0.3, 0.4) is 0 Å². The van der Waals surface area contributed by atoms with Crippen LogP contribution in [0.1, 0.15) is 42.9 Å². The number of ether oxygens (including phenoxy) is 2. The van der Waals surface area contributed by atoms with Crippen molar-refractivity contribution >= 4 is 23.7 Å². The molecule has 1 saturated heterocycles. The molecule has 4 rings (SSSR count). The molecule has 0 unspecified atom stereocenters. The van der Waals surface area contributed by atoms with Gasteiger partial charge in [-0.1, -0.05) is 19.1 Å². The summed E-state index contributed by atoms with van der Waals surface area (Å²) in [4.78, 5) is 34.1. The molecule has 8 nitrogen and oxygen atoms in total. The highest BCUT2D eigenvalue weighted by molar-refractivity contribution is 5.98. The van der Waals surface area contributed by atoms with Crippen LogP contribution in [-0.4, -0.2) is 67.5 Å². The molecule has 8 heteroatoms. The molecule has 3 heterocycles. The summed E-state index contributed by atoms with van der Waals surface area (Å²) >= 11 is 0. The van der Waals surface area contributed by atoms with Crippen LogP contribution in [0.4, 0.5) is 5.82 Å². The third-order valence-corrected chi connectivity index (χ3v) is 7.11. The van der Waals surface area contributed by atoms with E-state index in [0.717, 1.165) is 49.0 Å². The summed E-state index contributed by atoms with van der Waals surface area (Å²) in [5.74, 6) is 1.91. The number of carbonyl (C=O) groups excluding carboxylic acids is 2. The molecule has 0 aliphatic carbocycles. The fraction of sp³-hybridized carbons (Fsp3) is 0.464. The quantitative estimate of drug-likeness (QED) is 0.565. The minimum absolute atomic E-state index is 0.0792. The van der Waals surface area contributed by atoms with E-state index in [1.165, 1.54) is 0 Å². The SMILES string of the molecule is CCCOc1c(CN(C)C(=O)/C=C/c2cnc3c(c2)CC2(CCN(C)CC2)C(=O)N3)cccc1OC. The molecule has 1 fully saturated rings. The first-order chi connectivity index (χ1) is 17.3. The zero-order chi connectivity index (χ0) is 25.7. The Hall–Kier alpha value is -3.39. The number of likely N-dealkylation sites (N-methyl/N-ethyl adjacent to an activating group) is 1. The van der Waals surface area contributed by atoms with Crippen molar-refractivity contribution in [2.75, 3.05) is 46.2 Å². The third-order valence-electron chi connectivity index (χ3n) is 7.11. The van der Waals surface area contributed by atoms with E-state index >= 15 is 0 Å². The number of benzene rings is 1. The Labute approximate surface area is 213 Å². The highest BCUT2D eigenvalue weighted by atomic mass is 16.5. The summed E-state index contributed by atoms with van der Waals surface area (Å²) in [7, 11) is 5.47. The maximum atomic E-state index is 12.9. The summed E-state index contributed by atoms with van der Waals surface area (Å²) in [5, 5.41) is 3.01. The van der Waals surface area contributed by atoms with Gasteiger partial charge in [0.15, 0.2) is 11.5 Å². The van der Waals surface area contributed by atoms with Gasteiger partial charge in [-0.05, 0) is 75.2 Å². The molecule has 2 aromatic rings. The van der Waals surface area contributed by atoms with E-state index in [2.05, 4.69) is 22.2 Å². The number of hydrogen-bond acceptors (Lipinski definition) is 6. The van der Waals surface area contributed by atoms with Gasteiger partial charge in [-0.3, -0.25) is 9.59 Å². The molecule has 2 aliphatic rings. The van der Waals surface area contributed by atoms with Gasteiger partial charge in [-0.25, -0.2) is 4.98 Å². The molecule has 1 spiro atoms. The number of amides is 2. The maximum absolute atomic E-state index is 12.9. The molecule has 192 valence electrons. The molecule has 1 N–H and O–H groups in total. The van der Waals surface area contributed by atoms with Crippen molar-refractivity contribution in [3.05, 3.63) is 53.2 Å². The van der Waals surface area contributed by atoms with Gasteiger partial charge in [0.2, 0.25) is 11.8 Å². The summed E-state index contributed by atoms with van der Waals surface area (Å²) in [6.07, 6.45) is 8.27. The van der Waals surface area contributed by atoms with E-state index in [-0.39, 0.29) is 17.2 Å². The van der Waals surface area contributed by atoms with Crippen molar-refractivity contribution in [2.45, 2.75) is 39.2 Å². The minimum atomic E-state index is -0.367. The number of piperidine rings is 1. The van der Waals surface area contributed by atoms with E-state index in [9.17, 15) is 9.59 Å². The van der Waals surface area contributed by atoms with E-state index in [4.69, 9.17) is 9.47 Å². The van der Waals surface area contributed by atoms with E-state index in [1.54, 1.807) is 37.4 Å². The Bertz CT molecular complexity index is 1140. The molecule has 0 bridgehead atoms. The van der Waals surface area contributed by atoms with Gasteiger partial charge < -0.3 is 24.6 Å². The third kappa shape index (κ3) is 5.54. The van der Waals surface area contributed by atoms with Gasteiger partial charge in [0, 0.05) is 31.4 Å². The second-order valence-electron chi connectivity index (χ2n) is 9.82. The molecule has 1 aromatic carbocycles. The largest absolute Gasteiger partial charge is 0.493 e. The highest BCUT2D eigenvalue weighted by Gasteiger charge is 2.44. The number of carbonyl (C=O) groups is 2. The van der Waals surface area contributed by atoms with Crippen molar-refractivity contribution in [2.24, 2.45) is 5.41 Å². The first kappa shape index (κ1) is 25.7. The van der Waals surface area contributed by atoms with Gasteiger partial charge in [0.1, 0.15) is 5.82 Å². The lowest BCUT2D eigenvalue weighted by atomic mass is 9.71. The normalized spacial score (nSPS) is 17.1. The summed E-state index contributed by atoms with van der Waals surface area (Å²) in [5.41, 5.74) is 2.38. The molecule has 36 heavy (non-hydrogen) atoms. The smallest absolute Gasteiger partial charge is 0.246 e. The number of nitrogens with zero attached hydrogens (tertiary/aromatic N) is 3. The number of hydrogen-bond donors (Lipinski definition) is 1. The highest BCUT2D eigenvalue weighted by Crippen LogP contribution is 2.41. The summed E-state index contributed by atoms with van der Waals surface area (Å²) < 4.78 is 11.4. The Morgan fingerprint density at radius 1 is 1.31 bits per heavy atom. The fourth-order valence-electron chi connectivity index (χ4n) is 4.85. The van der Waals surface area contributed by atoms with Crippen LogP contribution >= 0.6 is 0 Å². The average Bonchev–Trinajstić information content (AvgIpc) is 2.88. The number of methoxy groups -OCH3 is 1. The molecule has 2 aliphatic heterocycles. The number of nitrogens with one attached hydrogen (secondary N) is 1. The Kier molecular flexibility index (Phi) is 7.94. The maximum Gasteiger partial charge on any atom is 0.246 e. The van der Waals surface area contributed by atoms with Crippen LogP contribution in [0.2, 0.25) is 0 Å². The predicted molar refractivity (Wildman–Crippen MR) is 140 cm³/mol. The lowest BCUT2D eigenvalue weighted by Gasteiger charge is -2.42. The standard InChI is InChI=1S/C28H36N4O4/c1-5-15-36-25-21(7-6-8-23(25)35-4)19-32(3)24(33)10-9-20-16-22-17-28(11-13-31(2)14-12-28)27(34)30-26(22)29-18-20/h6-10,16,18H,5,11-15,17,19H2,1-4H3,(H,29,30,34)/b10-9+. The molecule has 2 amide bonds. The number of likely N-dealkylation sites (tertiary alicyclic amines) is 1. The van der Waals surface area contributed by atoms with Gasteiger partial charge in [-0.15, -0.1) is 0 Å². The number of para-hydroxylation sites is 1. The Balaban J connectivity index is 1.45. The van der Waals surface area contributed by atoms with Crippen LogP contribution < -0.4 is 14.8 Å². The lowest BCUT2D eigenvalue weighted by Crippen LogP contribution is -2.49. The van der Waals surface area contributed by atoms with Crippen LogP contribution in [0.15, 0.2) is 36.5 Å². The average molecular weight is 493 g/mol. The predicted octanol–water partition coefficient (Wildman–Crippen LogP) is 3.76. The number of aromatic nitrogens is 1. The Morgan fingerprint density at radius 2 is 2.08 bits per heavy atom. The number of anilines is 1. The number of rotatable bonds is 8. The second-order valence-corrected chi connectivity index (χ2v) is 9.82. The molecule has 0 atom stereocenters. The number of fused-ring (bicyclic) bond motifs is 1. The van der Waals surface area contributed by atoms with Crippen molar-refractivity contribution in [1.82, 2.24) is 14.8 Å². The molecular formula is C28H36N4O4. The minimum Gasteiger partial charge on any atom is -0.493 e. The van der Waals surface area contributed by atoms with Gasteiger partial charge in [0.25, 0.3) is 0 Å². The zero-order valence-corrected chi connectivity index (χ0v) is 21.7. The summed E-state index contributed by atoms with van der Waals surface area (Å²) in [6.45, 7) is 4.84. The molecular weight excluding hydrogens is 456 g/mol. The lowest BCUT2D eigenvalue weighted by molar-refractivity contribution is -0.128. The monoisotopic (exact) mass is 492 g/mol. The molecule has 0 radical (unpaired) electrons. The van der Waals surface area contributed by atoms with Gasteiger partial charge in [0.05, 0.1) is 19.1 Å². The number of pyridine rings is 1. The van der Waals surface area contributed by atoms with Gasteiger partial charge in [-0.2, -0.15) is 0 Å². The first-order valence-electron chi connectivity index (χ1n) is 12.6. The zero-order valence-electron chi connectivity index (χ0n) is 21.7. The molecule has 0 saturated carbocycles. The fourth-order valence-corrected chi connectivity index (χ4v) is 4.85. The van der Waals surface area contributed by atoms with Crippen molar-refractivity contribution < 1.29 is 19.1 Å². The van der Waals surface area contributed by atoms with Crippen molar-refractivity contribution in [3.63, 3.8) is 0 Å². The van der Waals surface area contributed by atoms with Gasteiger partial charge >= 0.3 is 0 Å². The van der Waals surface area contributed by atoms with Crippen LogP contribution in [0.25, 0.3) is 6.08 Å². The van der Waals surface area contributed by atoms with Crippen LogP contribution in [0.5, 0.6) is 11.5 Å². The Morgan fingerprint density at radius 3 is 2.81 bits per heavy atom. The first-order valence-corrected chi connectivity index (χ1v) is 12.6.